The van der Waals surface area contributed by atoms with E-state index < -0.39 is 23.1 Å². The molecule has 5 nitrogen and oxygen atoms in total. The van der Waals surface area contributed by atoms with Gasteiger partial charge in [0.2, 0.25) is 0 Å². The molecule has 0 N–H and O–H groups in total. The van der Waals surface area contributed by atoms with Crippen LogP contribution in [0, 0.1) is 22.7 Å². The molecule has 0 unspecified atom stereocenters. The van der Waals surface area contributed by atoms with E-state index in [1.807, 2.05) is 0 Å². The van der Waals surface area contributed by atoms with Crippen LogP contribution in [0.3, 0.4) is 0 Å². The summed E-state index contributed by atoms with van der Waals surface area (Å²) < 4.78 is 3.97. The Bertz CT molecular complexity index is 319. The van der Waals surface area contributed by atoms with E-state index >= 15 is 0 Å². The Kier molecular flexibility index (Phi) is 1.42. The standard InChI is InChI=1S/C6N2O3/c7-1-3-4(2-8)6(10)11-5(3)9. The lowest BCUT2D eigenvalue weighted by Gasteiger charge is -1.82. The third kappa shape index (κ3) is 0.846. The minimum Gasteiger partial charge on any atom is -0.385 e. The topological polar surface area (TPSA) is 91.0 Å². The predicted molar refractivity (Wildman–Crippen MR) is 29.4 cm³/mol. The summed E-state index contributed by atoms with van der Waals surface area (Å²) in [5.41, 5.74) is -1.03. The van der Waals surface area contributed by atoms with E-state index in [0.29, 0.717) is 0 Å². The van der Waals surface area contributed by atoms with Gasteiger partial charge in [0.1, 0.15) is 12.1 Å². The zero-order valence-electron chi connectivity index (χ0n) is 5.12. The van der Waals surface area contributed by atoms with Gasteiger partial charge in [0.05, 0.1) is 0 Å². The molecule has 0 saturated carbocycles. The van der Waals surface area contributed by atoms with Gasteiger partial charge in [-0.2, -0.15) is 10.5 Å². The molecule has 0 aromatic heterocycles. The summed E-state index contributed by atoms with van der Waals surface area (Å²) in [7, 11) is 0. The molecular formula is C6N2O3. The summed E-state index contributed by atoms with van der Waals surface area (Å²) in [5.74, 6) is -2.09. The SMILES string of the molecule is N#CC1=C(C#N)C(=O)OC1=O. The van der Waals surface area contributed by atoms with E-state index in [1.54, 1.807) is 0 Å². The van der Waals surface area contributed by atoms with Gasteiger partial charge in [0, 0.05) is 0 Å². The normalized spacial score (nSPS) is 15.8. The van der Waals surface area contributed by atoms with Crippen LogP contribution in [0.15, 0.2) is 11.1 Å². The van der Waals surface area contributed by atoms with Gasteiger partial charge >= 0.3 is 11.9 Å². The van der Waals surface area contributed by atoms with Crippen LogP contribution in [-0.2, 0) is 14.3 Å². The lowest BCUT2D eigenvalue weighted by atomic mass is 10.2. The van der Waals surface area contributed by atoms with Crippen LogP contribution >= 0.6 is 0 Å². The third-order valence-corrected chi connectivity index (χ3v) is 1.07. The first-order chi connectivity index (χ1) is 5.20. The van der Waals surface area contributed by atoms with Crippen molar-refractivity contribution in [2.75, 3.05) is 0 Å². The molecule has 0 aromatic carbocycles. The Hall–Kier alpha value is -2.14. The molecule has 1 aliphatic heterocycles. The summed E-state index contributed by atoms with van der Waals surface area (Å²) in [4.78, 5) is 21.0. The van der Waals surface area contributed by atoms with Crippen LogP contribution in [-0.4, -0.2) is 11.9 Å². The van der Waals surface area contributed by atoms with Crippen LogP contribution in [0.2, 0.25) is 0 Å². The van der Waals surface area contributed by atoms with E-state index in [1.165, 1.54) is 12.1 Å². The number of hydrogen-bond acceptors (Lipinski definition) is 5. The largest absolute Gasteiger partial charge is 0.385 e. The first-order valence-electron chi connectivity index (χ1n) is 2.51. The second-order valence-electron chi connectivity index (χ2n) is 1.65. The smallest absolute Gasteiger partial charge is 0.358 e. The van der Waals surface area contributed by atoms with Gasteiger partial charge in [-0.25, -0.2) is 9.59 Å². The van der Waals surface area contributed by atoms with Gasteiger partial charge in [0.15, 0.2) is 11.1 Å². The van der Waals surface area contributed by atoms with Gasteiger partial charge in [0.25, 0.3) is 0 Å². The van der Waals surface area contributed by atoms with E-state index in [-0.39, 0.29) is 0 Å². The molecule has 1 heterocycles. The zero-order valence-corrected chi connectivity index (χ0v) is 5.12. The maximum absolute atomic E-state index is 10.5. The van der Waals surface area contributed by atoms with Crippen molar-refractivity contribution in [3.63, 3.8) is 0 Å². The summed E-state index contributed by atoms with van der Waals surface area (Å²) in [6.45, 7) is 0. The predicted octanol–water partition coefficient (Wildman–Crippen LogP) is -0.586. The van der Waals surface area contributed by atoms with Crippen molar-refractivity contribution in [2.45, 2.75) is 0 Å². The van der Waals surface area contributed by atoms with Crippen molar-refractivity contribution in [1.82, 2.24) is 0 Å². The molecular weight excluding hydrogens is 148 g/mol. The van der Waals surface area contributed by atoms with Gasteiger partial charge < -0.3 is 4.74 Å². The fourth-order valence-corrected chi connectivity index (χ4v) is 0.593. The Morgan fingerprint density at radius 2 is 1.36 bits per heavy atom. The first kappa shape index (κ1) is 6.97. The molecule has 0 atom stereocenters. The van der Waals surface area contributed by atoms with Crippen molar-refractivity contribution in [3.8, 4) is 12.1 Å². The highest BCUT2D eigenvalue weighted by Gasteiger charge is 2.33. The minimum absolute atomic E-state index is 0.516. The lowest BCUT2D eigenvalue weighted by molar-refractivity contribution is -0.150. The van der Waals surface area contributed by atoms with E-state index in [9.17, 15) is 9.59 Å². The Balaban J connectivity index is 3.29. The minimum atomic E-state index is -1.05. The zero-order chi connectivity index (χ0) is 8.43. The molecule has 0 aromatic rings. The van der Waals surface area contributed by atoms with E-state index in [2.05, 4.69) is 4.74 Å². The fourth-order valence-electron chi connectivity index (χ4n) is 0.593. The number of nitrogens with zero attached hydrogens (tertiary/aromatic N) is 2. The van der Waals surface area contributed by atoms with Crippen LogP contribution < -0.4 is 0 Å². The maximum atomic E-state index is 10.5. The Morgan fingerprint density at radius 1 is 1.00 bits per heavy atom. The summed E-state index contributed by atoms with van der Waals surface area (Å²) >= 11 is 0. The number of carbonyl (C=O) groups is 2. The van der Waals surface area contributed by atoms with Crippen LogP contribution in [0.4, 0.5) is 0 Å². The van der Waals surface area contributed by atoms with E-state index in [4.69, 9.17) is 10.5 Å². The molecule has 1 aliphatic rings. The monoisotopic (exact) mass is 148 g/mol. The summed E-state index contributed by atoms with van der Waals surface area (Å²) in [6, 6.07) is 2.81. The second-order valence-corrected chi connectivity index (χ2v) is 1.65. The molecule has 5 heteroatoms. The van der Waals surface area contributed by atoms with Gasteiger partial charge in [-0.3, -0.25) is 0 Å². The fraction of sp³-hybridized carbons (Fsp3) is 0. The Morgan fingerprint density at radius 3 is 1.64 bits per heavy atom. The lowest BCUT2D eigenvalue weighted by Crippen LogP contribution is -2.01. The quantitative estimate of drug-likeness (QED) is 0.338. The maximum Gasteiger partial charge on any atom is 0.358 e. The van der Waals surface area contributed by atoms with E-state index in [0.717, 1.165) is 0 Å². The molecule has 1 rings (SSSR count). The number of hydrogen-bond donors (Lipinski definition) is 0. The summed E-state index contributed by atoms with van der Waals surface area (Å²) in [6.07, 6.45) is 0. The Labute approximate surface area is 61.1 Å². The molecule has 52 valence electrons. The third-order valence-electron chi connectivity index (χ3n) is 1.07. The average Bonchev–Trinajstić information content (AvgIpc) is 2.24. The number of esters is 2. The molecule has 0 fully saturated rings. The number of ether oxygens (including phenoxy) is 1. The van der Waals surface area contributed by atoms with Gasteiger partial charge in [-0.05, 0) is 0 Å². The van der Waals surface area contributed by atoms with Gasteiger partial charge in [-0.15, -0.1) is 0 Å². The van der Waals surface area contributed by atoms with Crippen molar-refractivity contribution in [3.05, 3.63) is 11.1 Å². The first-order valence-corrected chi connectivity index (χ1v) is 2.51. The molecule has 0 radical (unpaired) electrons. The molecule has 0 spiro atoms. The van der Waals surface area contributed by atoms with Crippen molar-refractivity contribution >= 4 is 11.9 Å². The number of cyclic esters (lactones) is 2. The highest BCUT2D eigenvalue weighted by Crippen LogP contribution is 2.14. The number of nitriles is 2. The van der Waals surface area contributed by atoms with Crippen molar-refractivity contribution < 1.29 is 14.3 Å². The second kappa shape index (κ2) is 2.24. The highest BCUT2D eigenvalue weighted by atomic mass is 16.6. The molecule has 0 amide bonds. The van der Waals surface area contributed by atoms with Crippen molar-refractivity contribution in [2.24, 2.45) is 0 Å². The molecule has 0 saturated heterocycles. The van der Waals surface area contributed by atoms with Crippen LogP contribution in [0.1, 0.15) is 0 Å². The van der Waals surface area contributed by atoms with Crippen molar-refractivity contribution in [1.29, 1.82) is 10.5 Å². The van der Waals surface area contributed by atoms with Crippen LogP contribution in [0.25, 0.3) is 0 Å². The molecule has 11 heavy (non-hydrogen) atoms. The van der Waals surface area contributed by atoms with Gasteiger partial charge in [-0.1, -0.05) is 0 Å². The summed E-state index contributed by atoms with van der Waals surface area (Å²) in [5, 5.41) is 16.5. The highest BCUT2D eigenvalue weighted by molar-refractivity contribution is 6.16. The molecule has 0 bridgehead atoms. The average molecular weight is 148 g/mol. The number of carbonyl (C=O) groups excluding carboxylic acids is 2. The van der Waals surface area contributed by atoms with Crippen LogP contribution in [0.5, 0.6) is 0 Å². The number of rotatable bonds is 0. The molecule has 0 aliphatic carbocycles.